The summed E-state index contributed by atoms with van der Waals surface area (Å²) in [6.07, 6.45) is 1.26. The molecule has 0 amide bonds. The Kier molecular flexibility index (Phi) is 7.89. The van der Waals surface area contributed by atoms with Crippen molar-refractivity contribution in [3.63, 3.8) is 0 Å². The molecule has 2 rings (SSSR count). The van der Waals surface area contributed by atoms with Crippen LogP contribution in [0.15, 0.2) is 35.3 Å². The van der Waals surface area contributed by atoms with Gasteiger partial charge in [0.2, 0.25) is 0 Å². The van der Waals surface area contributed by atoms with Crippen molar-refractivity contribution in [2.24, 2.45) is 10.9 Å². The Morgan fingerprint density at radius 3 is 2.79 bits per heavy atom. The number of aliphatic imine (C=N–C) groups is 1. The highest BCUT2D eigenvalue weighted by Crippen LogP contribution is 2.15. The molecule has 134 valence electrons. The summed E-state index contributed by atoms with van der Waals surface area (Å²) >= 11 is 0. The molecule has 1 saturated heterocycles. The van der Waals surface area contributed by atoms with E-state index in [0.717, 1.165) is 37.9 Å². The highest BCUT2D eigenvalue weighted by atomic mass is 16.5. The summed E-state index contributed by atoms with van der Waals surface area (Å²) in [5, 5.41) is 3.39. The number of likely N-dealkylation sites (tertiary alicyclic amines) is 1. The van der Waals surface area contributed by atoms with Crippen molar-refractivity contribution in [1.29, 1.82) is 0 Å². The van der Waals surface area contributed by atoms with Crippen LogP contribution in [0.1, 0.15) is 20.3 Å². The van der Waals surface area contributed by atoms with Crippen LogP contribution in [0.25, 0.3) is 0 Å². The molecule has 24 heavy (non-hydrogen) atoms. The van der Waals surface area contributed by atoms with Crippen LogP contribution in [0.5, 0.6) is 5.75 Å². The van der Waals surface area contributed by atoms with Crippen molar-refractivity contribution >= 4 is 5.96 Å². The van der Waals surface area contributed by atoms with Crippen LogP contribution < -0.4 is 10.1 Å². The van der Waals surface area contributed by atoms with Crippen molar-refractivity contribution in [2.45, 2.75) is 20.3 Å². The second-order valence-corrected chi connectivity index (χ2v) is 6.33. The van der Waals surface area contributed by atoms with Crippen LogP contribution in [0.4, 0.5) is 0 Å². The highest BCUT2D eigenvalue weighted by molar-refractivity contribution is 5.79. The fraction of sp³-hybridized carbons (Fsp3) is 0.632. The second kappa shape index (κ2) is 10.2. The van der Waals surface area contributed by atoms with E-state index < -0.39 is 0 Å². The molecule has 1 aromatic rings. The van der Waals surface area contributed by atoms with Gasteiger partial charge in [-0.3, -0.25) is 4.99 Å². The predicted octanol–water partition coefficient (Wildman–Crippen LogP) is 2.30. The number of guanidine groups is 1. The van der Waals surface area contributed by atoms with E-state index in [9.17, 15) is 0 Å². The maximum atomic E-state index is 5.78. The zero-order valence-corrected chi connectivity index (χ0v) is 15.4. The van der Waals surface area contributed by atoms with E-state index in [1.54, 1.807) is 0 Å². The Morgan fingerprint density at radius 2 is 2.12 bits per heavy atom. The first-order valence-corrected chi connectivity index (χ1v) is 9.12. The molecule has 0 saturated carbocycles. The lowest BCUT2D eigenvalue weighted by Crippen LogP contribution is -2.41. The number of rotatable bonds is 8. The monoisotopic (exact) mass is 332 g/mol. The SMILES string of the molecule is CCNC(=NCC1CCN(CC)C1)N(C)CCOc1ccccc1. The summed E-state index contributed by atoms with van der Waals surface area (Å²) in [5.74, 6) is 2.58. The summed E-state index contributed by atoms with van der Waals surface area (Å²) < 4.78 is 5.78. The Morgan fingerprint density at radius 1 is 1.33 bits per heavy atom. The number of ether oxygens (including phenoxy) is 1. The van der Waals surface area contributed by atoms with Crippen LogP contribution in [0, 0.1) is 5.92 Å². The van der Waals surface area contributed by atoms with E-state index in [2.05, 4.69) is 36.0 Å². The minimum Gasteiger partial charge on any atom is -0.492 e. The maximum absolute atomic E-state index is 5.78. The third-order valence-electron chi connectivity index (χ3n) is 4.45. The zero-order chi connectivity index (χ0) is 17.2. The van der Waals surface area contributed by atoms with Crippen molar-refractivity contribution in [3.8, 4) is 5.75 Å². The number of nitrogens with zero attached hydrogens (tertiary/aromatic N) is 3. The lowest BCUT2D eigenvalue weighted by Gasteiger charge is -2.22. The van der Waals surface area contributed by atoms with Crippen molar-refractivity contribution < 1.29 is 4.74 Å². The Bertz CT molecular complexity index is 491. The molecule has 1 atom stereocenters. The fourth-order valence-electron chi connectivity index (χ4n) is 2.96. The highest BCUT2D eigenvalue weighted by Gasteiger charge is 2.21. The van der Waals surface area contributed by atoms with Gasteiger partial charge in [-0.1, -0.05) is 25.1 Å². The van der Waals surface area contributed by atoms with Gasteiger partial charge >= 0.3 is 0 Å². The quantitative estimate of drug-likeness (QED) is 0.586. The summed E-state index contributed by atoms with van der Waals surface area (Å²) in [7, 11) is 2.07. The van der Waals surface area contributed by atoms with Gasteiger partial charge in [0, 0.05) is 26.7 Å². The van der Waals surface area contributed by atoms with Crippen LogP contribution in [-0.4, -0.2) is 68.7 Å². The largest absolute Gasteiger partial charge is 0.492 e. The van der Waals surface area contributed by atoms with Crippen LogP contribution in [-0.2, 0) is 0 Å². The molecule has 1 N–H and O–H groups in total. The average Bonchev–Trinajstić information content (AvgIpc) is 3.07. The molecule has 0 bridgehead atoms. The molecule has 0 aliphatic carbocycles. The first-order chi connectivity index (χ1) is 11.7. The van der Waals surface area contributed by atoms with Crippen LogP contribution in [0.2, 0.25) is 0 Å². The predicted molar refractivity (Wildman–Crippen MR) is 101 cm³/mol. The lowest BCUT2D eigenvalue weighted by molar-refractivity contribution is 0.281. The number of hydrogen-bond donors (Lipinski definition) is 1. The molecule has 1 fully saturated rings. The van der Waals surface area contributed by atoms with E-state index >= 15 is 0 Å². The molecule has 0 radical (unpaired) electrons. The Balaban J connectivity index is 1.78. The smallest absolute Gasteiger partial charge is 0.193 e. The second-order valence-electron chi connectivity index (χ2n) is 6.33. The first kappa shape index (κ1) is 18.6. The summed E-state index contributed by atoms with van der Waals surface area (Å²) in [5.41, 5.74) is 0. The standard InChI is InChI=1S/C19H32N4O/c1-4-20-19(21-15-17-11-12-23(5-2)16-17)22(3)13-14-24-18-9-7-6-8-10-18/h6-10,17H,4-5,11-16H2,1-3H3,(H,20,21). The van der Waals surface area contributed by atoms with Gasteiger partial charge in [0.15, 0.2) is 5.96 Å². The number of benzene rings is 1. The lowest BCUT2D eigenvalue weighted by atomic mass is 10.1. The van der Waals surface area contributed by atoms with Gasteiger partial charge in [-0.25, -0.2) is 0 Å². The van der Waals surface area contributed by atoms with Gasteiger partial charge in [0.25, 0.3) is 0 Å². The van der Waals surface area contributed by atoms with E-state index in [-0.39, 0.29) is 0 Å². The van der Waals surface area contributed by atoms with E-state index in [1.807, 2.05) is 30.3 Å². The minimum atomic E-state index is 0.651. The van der Waals surface area contributed by atoms with E-state index in [1.165, 1.54) is 19.5 Å². The molecule has 5 heteroatoms. The number of nitrogens with one attached hydrogen (secondary N) is 1. The van der Waals surface area contributed by atoms with Gasteiger partial charge in [-0.05, 0) is 44.5 Å². The van der Waals surface area contributed by atoms with Gasteiger partial charge in [-0.2, -0.15) is 0 Å². The molecular formula is C19H32N4O. The van der Waals surface area contributed by atoms with Gasteiger partial charge in [-0.15, -0.1) is 0 Å². The molecule has 1 heterocycles. The topological polar surface area (TPSA) is 40.1 Å². The van der Waals surface area contributed by atoms with Crippen molar-refractivity contribution in [3.05, 3.63) is 30.3 Å². The molecule has 1 unspecified atom stereocenters. The third-order valence-corrected chi connectivity index (χ3v) is 4.45. The van der Waals surface area contributed by atoms with Gasteiger partial charge in [0.1, 0.15) is 12.4 Å². The fourth-order valence-corrected chi connectivity index (χ4v) is 2.96. The van der Waals surface area contributed by atoms with Crippen molar-refractivity contribution in [1.82, 2.24) is 15.1 Å². The van der Waals surface area contributed by atoms with Gasteiger partial charge < -0.3 is 19.9 Å². The normalized spacial score (nSPS) is 18.6. The number of likely N-dealkylation sites (N-methyl/N-ethyl adjacent to an activating group) is 1. The Hall–Kier alpha value is -1.75. The average molecular weight is 332 g/mol. The Labute approximate surface area is 146 Å². The van der Waals surface area contributed by atoms with Crippen molar-refractivity contribution in [2.75, 3.05) is 52.9 Å². The molecule has 1 aromatic carbocycles. The zero-order valence-electron chi connectivity index (χ0n) is 15.4. The van der Waals surface area contributed by atoms with Crippen LogP contribution in [0.3, 0.4) is 0 Å². The molecule has 1 aliphatic rings. The summed E-state index contributed by atoms with van der Waals surface area (Å²) in [4.78, 5) is 9.50. The molecule has 1 aliphatic heterocycles. The molecular weight excluding hydrogens is 300 g/mol. The molecule has 0 spiro atoms. The first-order valence-electron chi connectivity index (χ1n) is 9.12. The number of hydrogen-bond acceptors (Lipinski definition) is 3. The van der Waals surface area contributed by atoms with E-state index in [0.29, 0.717) is 12.5 Å². The van der Waals surface area contributed by atoms with Crippen LogP contribution >= 0.6 is 0 Å². The third kappa shape index (κ3) is 6.04. The minimum absolute atomic E-state index is 0.651. The number of para-hydroxylation sites is 1. The van der Waals surface area contributed by atoms with E-state index in [4.69, 9.17) is 9.73 Å². The van der Waals surface area contributed by atoms with Gasteiger partial charge in [0.05, 0.1) is 6.54 Å². The summed E-state index contributed by atoms with van der Waals surface area (Å²) in [6.45, 7) is 11.1. The maximum Gasteiger partial charge on any atom is 0.193 e. The molecule has 0 aromatic heterocycles. The molecule has 5 nitrogen and oxygen atoms in total. The summed E-state index contributed by atoms with van der Waals surface area (Å²) in [6, 6.07) is 9.95.